The van der Waals surface area contributed by atoms with Gasteiger partial charge in [-0.3, -0.25) is 0 Å². The van der Waals surface area contributed by atoms with Crippen LogP contribution in [0.4, 0.5) is 11.6 Å². The highest BCUT2D eigenvalue weighted by Gasteiger charge is 2.11. The Morgan fingerprint density at radius 2 is 1.52 bits per heavy atom. The maximum atomic E-state index is 4.84. The highest BCUT2D eigenvalue weighted by molar-refractivity contribution is 7.15. The molecule has 2 aromatic carbocycles. The highest BCUT2D eigenvalue weighted by atomic mass is 32.1. The summed E-state index contributed by atoms with van der Waals surface area (Å²) >= 11 is 1.72. The fourth-order valence-corrected chi connectivity index (χ4v) is 3.51. The first-order valence-corrected chi connectivity index (χ1v) is 8.78. The number of nitrogens with one attached hydrogen (secondary N) is 1. The summed E-state index contributed by atoms with van der Waals surface area (Å²) in [4.78, 5) is 14.4. The number of benzene rings is 2. The lowest BCUT2D eigenvalue weighted by Crippen LogP contribution is -1.95. The quantitative estimate of drug-likeness (QED) is 0.544. The maximum Gasteiger partial charge on any atom is 0.227 e. The van der Waals surface area contributed by atoms with E-state index in [4.69, 9.17) is 4.98 Å². The van der Waals surface area contributed by atoms with E-state index in [9.17, 15) is 0 Å². The molecule has 5 heteroatoms. The molecular weight excluding hydrogens is 328 g/mol. The summed E-state index contributed by atoms with van der Waals surface area (Å²) in [5, 5.41) is 4.24. The van der Waals surface area contributed by atoms with Crippen LogP contribution in [0.5, 0.6) is 0 Å². The maximum absolute atomic E-state index is 4.84. The zero-order valence-electron chi connectivity index (χ0n) is 13.7. The van der Waals surface area contributed by atoms with Gasteiger partial charge in [-0.15, -0.1) is 11.3 Å². The van der Waals surface area contributed by atoms with Crippen molar-refractivity contribution in [2.24, 2.45) is 0 Å². The molecule has 0 unspecified atom stereocenters. The minimum atomic E-state index is 0.589. The van der Waals surface area contributed by atoms with Gasteiger partial charge in [-0.25, -0.2) is 15.0 Å². The van der Waals surface area contributed by atoms with Crippen LogP contribution >= 0.6 is 11.3 Å². The average Bonchev–Trinajstić information content (AvgIpc) is 3.06. The number of thiazole rings is 1. The van der Waals surface area contributed by atoms with Crippen molar-refractivity contribution in [2.45, 2.75) is 6.92 Å². The van der Waals surface area contributed by atoms with Crippen molar-refractivity contribution in [3.8, 4) is 21.8 Å². The Bertz CT molecular complexity index is 964. The zero-order chi connectivity index (χ0) is 17.1. The molecule has 122 valence electrons. The second-order valence-electron chi connectivity index (χ2n) is 5.56. The predicted octanol–water partition coefficient (Wildman–Crippen LogP) is 5.32. The topological polar surface area (TPSA) is 50.7 Å². The lowest BCUT2D eigenvalue weighted by Gasteiger charge is -2.05. The van der Waals surface area contributed by atoms with E-state index in [-0.39, 0.29) is 0 Å². The molecule has 0 saturated carbocycles. The highest BCUT2D eigenvalue weighted by Crippen LogP contribution is 2.33. The van der Waals surface area contributed by atoms with Crippen LogP contribution in [0.15, 0.2) is 73.1 Å². The Balaban J connectivity index is 1.59. The molecule has 4 rings (SSSR count). The van der Waals surface area contributed by atoms with Crippen molar-refractivity contribution in [2.75, 3.05) is 5.32 Å². The van der Waals surface area contributed by atoms with Crippen LogP contribution in [0.1, 0.15) is 4.88 Å². The Hall–Kier alpha value is -3.05. The van der Waals surface area contributed by atoms with Gasteiger partial charge in [0.25, 0.3) is 0 Å². The van der Waals surface area contributed by atoms with Gasteiger partial charge in [-0.05, 0) is 25.1 Å². The van der Waals surface area contributed by atoms with Gasteiger partial charge in [0.05, 0.1) is 5.69 Å². The standard InChI is InChI=1S/C20H16N4S/c1-14-18(24-19(25-14)16-6-3-2-4-7-16)15-8-10-17(11-9-15)23-20-21-12-5-13-22-20/h2-13H,1H3,(H,21,22,23). The average molecular weight is 344 g/mol. The van der Waals surface area contributed by atoms with Crippen LogP contribution in [0.25, 0.3) is 21.8 Å². The summed E-state index contributed by atoms with van der Waals surface area (Å²) in [6, 6.07) is 20.3. The SMILES string of the molecule is Cc1sc(-c2ccccc2)nc1-c1ccc(Nc2ncccn2)cc1. The monoisotopic (exact) mass is 344 g/mol. The van der Waals surface area contributed by atoms with Crippen LogP contribution in [0, 0.1) is 6.92 Å². The molecule has 0 radical (unpaired) electrons. The summed E-state index contributed by atoms with van der Waals surface area (Å²) in [5.41, 5.74) is 4.24. The summed E-state index contributed by atoms with van der Waals surface area (Å²) in [6.07, 6.45) is 3.43. The second-order valence-corrected chi connectivity index (χ2v) is 6.77. The molecule has 2 aromatic heterocycles. The molecule has 4 aromatic rings. The van der Waals surface area contributed by atoms with Gasteiger partial charge >= 0.3 is 0 Å². The first kappa shape index (κ1) is 15.5. The van der Waals surface area contributed by atoms with E-state index in [0.29, 0.717) is 5.95 Å². The van der Waals surface area contributed by atoms with Crippen molar-refractivity contribution >= 4 is 23.0 Å². The molecule has 0 aliphatic carbocycles. The molecule has 0 amide bonds. The summed E-state index contributed by atoms with van der Waals surface area (Å²) in [5.74, 6) is 0.589. The molecule has 1 N–H and O–H groups in total. The lowest BCUT2D eigenvalue weighted by atomic mass is 10.1. The molecule has 0 fully saturated rings. The summed E-state index contributed by atoms with van der Waals surface area (Å²) in [7, 11) is 0. The molecule has 0 spiro atoms. The van der Waals surface area contributed by atoms with Gasteiger partial charge in [0.2, 0.25) is 5.95 Å². The van der Waals surface area contributed by atoms with Crippen LogP contribution < -0.4 is 5.32 Å². The van der Waals surface area contributed by atoms with Crippen LogP contribution in [0.3, 0.4) is 0 Å². The van der Waals surface area contributed by atoms with Crippen LogP contribution in [-0.2, 0) is 0 Å². The molecule has 0 aliphatic rings. The van der Waals surface area contributed by atoms with Crippen LogP contribution in [-0.4, -0.2) is 15.0 Å². The predicted molar refractivity (Wildman–Crippen MR) is 103 cm³/mol. The third-order valence-corrected chi connectivity index (χ3v) is 4.82. The van der Waals surface area contributed by atoms with Crippen molar-refractivity contribution in [3.63, 3.8) is 0 Å². The second kappa shape index (κ2) is 6.83. The first-order chi connectivity index (χ1) is 12.3. The molecule has 4 nitrogen and oxygen atoms in total. The van der Waals surface area contributed by atoms with E-state index in [2.05, 4.69) is 46.5 Å². The van der Waals surface area contributed by atoms with Gasteiger partial charge in [-0.2, -0.15) is 0 Å². The largest absolute Gasteiger partial charge is 0.324 e. The number of anilines is 2. The van der Waals surface area contributed by atoms with E-state index in [1.54, 1.807) is 29.8 Å². The third-order valence-electron chi connectivity index (χ3n) is 3.80. The third kappa shape index (κ3) is 3.41. The number of aryl methyl sites for hydroxylation is 1. The fraction of sp³-hybridized carbons (Fsp3) is 0.0500. The van der Waals surface area contributed by atoms with E-state index in [0.717, 1.165) is 27.5 Å². The Labute approximate surface area is 150 Å². The minimum absolute atomic E-state index is 0.589. The Morgan fingerprint density at radius 1 is 0.800 bits per heavy atom. The van der Waals surface area contributed by atoms with E-state index >= 15 is 0 Å². The van der Waals surface area contributed by atoms with Gasteiger partial charge < -0.3 is 5.32 Å². The number of rotatable bonds is 4. The van der Waals surface area contributed by atoms with E-state index in [1.807, 2.05) is 30.3 Å². The first-order valence-electron chi connectivity index (χ1n) is 7.97. The molecule has 25 heavy (non-hydrogen) atoms. The molecule has 2 heterocycles. The molecule has 0 saturated heterocycles. The van der Waals surface area contributed by atoms with Gasteiger partial charge in [-0.1, -0.05) is 42.5 Å². The number of nitrogens with zero attached hydrogens (tertiary/aromatic N) is 3. The Kier molecular flexibility index (Phi) is 4.23. The normalized spacial score (nSPS) is 10.6. The fourth-order valence-electron chi connectivity index (χ4n) is 2.57. The van der Waals surface area contributed by atoms with Crippen molar-refractivity contribution in [3.05, 3.63) is 77.9 Å². The molecule has 0 aliphatic heterocycles. The molecule has 0 bridgehead atoms. The lowest BCUT2D eigenvalue weighted by molar-refractivity contribution is 1.17. The van der Waals surface area contributed by atoms with Gasteiger partial charge in [0, 0.05) is 34.1 Å². The van der Waals surface area contributed by atoms with Crippen molar-refractivity contribution in [1.29, 1.82) is 0 Å². The molecular formula is C20H16N4S. The molecule has 0 atom stereocenters. The van der Waals surface area contributed by atoms with Gasteiger partial charge in [0.15, 0.2) is 0 Å². The van der Waals surface area contributed by atoms with Crippen LogP contribution in [0.2, 0.25) is 0 Å². The van der Waals surface area contributed by atoms with E-state index < -0.39 is 0 Å². The number of aromatic nitrogens is 3. The number of hydrogen-bond donors (Lipinski definition) is 1. The smallest absolute Gasteiger partial charge is 0.227 e. The van der Waals surface area contributed by atoms with Gasteiger partial charge in [0.1, 0.15) is 5.01 Å². The summed E-state index contributed by atoms with van der Waals surface area (Å²) in [6.45, 7) is 2.11. The Morgan fingerprint density at radius 3 is 2.24 bits per heavy atom. The van der Waals surface area contributed by atoms with E-state index in [1.165, 1.54) is 4.88 Å². The number of hydrogen-bond acceptors (Lipinski definition) is 5. The summed E-state index contributed by atoms with van der Waals surface area (Å²) < 4.78 is 0. The van der Waals surface area contributed by atoms with Crippen molar-refractivity contribution < 1.29 is 0 Å². The van der Waals surface area contributed by atoms with Crippen molar-refractivity contribution in [1.82, 2.24) is 15.0 Å². The zero-order valence-corrected chi connectivity index (χ0v) is 14.5. The minimum Gasteiger partial charge on any atom is -0.324 e.